The van der Waals surface area contributed by atoms with E-state index in [1.165, 1.54) is 5.56 Å². The molecule has 6 heteroatoms. The molecule has 0 saturated carbocycles. The van der Waals surface area contributed by atoms with Crippen LogP contribution in [0.25, 0.3) is 11.3 Å². The Hall–Kier alpha value is -2.99. The number of hydrogen-bond donors (Lipinski definition) is 1. The third-order valence-electron chi connectivity index (χ3n) is 7.51. The van der Waals surface area contributed by atoms with Gasteiger partial charge in [-0.25, -0.2) is 0 Å². The molecule has 4 atom stereocenters. The highest BCUT2D eigenvalue weighted by Gasteiger charge is 2.43. The van der Waals surface area contributed by atoms with Crippen LogP contribution in [0.4, 0.5) is 0 Å². The molecule has 0 spiro atoms. The van der Waals surface area contributed by atoms with Gasteiger partial charge in [-0.05, 0) is 41.8 Å². The molecule has 3 aliphatic rings. The number of aromatic nitrogens is 3. The number of benzene rings is 2. The molecule has 0 radical (unpaired) electrons. The van der Waals surface area contributed by atoms with Crippen LogP contribution in [0.5, 0.6) is 0 Å². The Morgan fingerprint density at radius 1 is 1.09 bits per heavy atom. The first-order valence-electron chi connectivity index (χ1n) is 12.4. The van der Waals surface area contributed by atoms with Gasteiger partial charge in [0.05, 0.1) is 18.7 Å². The van der Waals surface area contributed by atoms with Crippen molar-refractivity contribution in [1.29, 1.82) is 0 Å². The van der Waals surface area contributed by atoms with Crippen LogP contribution in [0, 0.1) is 11.8 Å². The second-order valence-electron chi connectivity index (χ2n) is 10.9. The van der Waals surface area contributed by atoms with Crippen molar-refractivity contribution in [3.05, 3.63) is 71.9 Å². The Bertz CT molecular complexity index is 1120. The molecule has 1 amide bonds. The van der Waals surface area contributed by atoms with E-state index >= 15 is 0 Å². The monoisotopic (exact) mass is 457 g/mol. The number of piperidine rings is 3. The van der Waals surface area contributed by atoms with Gasteiger partial charge < -0.3 is 5.32 Å². The van der Waals surface area contributed by atoms with Gasteiger partial charge in [0.2, 0.25) is 5.91 Å². The highest BCUT2D eigenvalue weighted by Crippen LogP contribution is 2.37. The molecule has 0 aliphatic carbocycles. The average Bonchev–Trinajstić information content (AvgIpc) is 3.31. The summed E-state index contributed by atoms with van der Waals surface area (Å²) in [7, 11) is 0. The Morgan fingerprint density at radius 3 is 2.53 bits per heavy atom. The van der Waals surface area contributed by atoms with E-state index in [2.05, 4.69) is 83.9 Å². The largest absolute Gasteiger partial charge is 0.352 e. The highest BCUT2D eigenvalue weighted by molar-refractivity contribution is 5.79. The van der Waals surface area contributed by atoms with Crippen LogP contribution in [0.15, 0.2) is 60.8 Å². The van der Waals surface area contributed by atoms with Gasteiger partial charge in [-0.15, -0.1) is 5.10 Å². The summed E-state index contributed by atoms with van der Waals surface area (Å²) >= 11 is 0. The van der Waals surface area contributed by atoms with E-state index in [4.69, 9.17) is 0 Å². The number of hydrogen-bond acceptors (Lipinski definition) is 4. The second kappa shape index (κ2) is 9.34. The van der Waals surface area contributed by atoms with Crippen molar-refractivity contribution in [2.24, 2.45) is 11.8 Å². The highest BCUT2D eigenvalue weighted by atomic mass is 16.1. The third-order valence-corrected chi connectivity index (χ3v) is 7.51. The van der Waals surface area contributed by atoms with E-state index in [-0.39, 0.29) is 17.2 Å². The van der Waals surface area contributed by atoms with E-state index in [0.29, 0.717) is 18.5 Å². The molecule has 3 fully saturated rings. The molecule has 2 unspecified atom stereocenters. The maximum absolute atomic E-state index is 12.9. The fourth-order valence-corrected chi connectivity index (χ4v) is 5.42. The maximum atomic E-state index is 12.9. The topological polar surface area (TPSA) is 63.1 Å². The van der Waals surface area contributed by atoms with Gasteiger partial charge in [0, 0.05) is 24.7 Å². The molecule has 2 aromatic carbocycles. The summed E-state index contributed by atoms with van der Waals surface area (Å²) < 4.78 is 1.98. The molecule has 1 N–H and O–H groups in total. The number of carbonyl (C=O) groups is 1. The molecule has 178 valence electrons. The quantitative estimate of drug-likeness (QED) is 0.601. The molecule has 3 aromatic rings. The third kappa shape index (κ3) is 4.92. The minimum absolute atomic E-state index is 0.0846. The van der Waals surface area contributed by atoms with Crippen LogP contribution in [0.3, 0.4) is 0 Å². The van der Waals surface area contributed by atoms with E-state index in [0.717, 1.165) is 49.3 Å². The number of carbonyl (C=O) groups excluding carboxylic acids is 1. The molecular formula is C28H35N5O. The molecule has 1 aromatic heterocycles. The predicted octanol–water partition coefficient (Wildman–Crippen LogP) is 4.27. The van der Waals surface area contributed by atoms with Crippen LogP contribution >= 0.6 is 0 Å². The summed E-state index contributed by atoms with van der Waals surface area (Å²) in [4.78, 5) is 15.4. The summed E-state index contributed by atoms with van der Waals surface area (Å²) in [5, 5.41) is 12.0. The van der Waals surface area contributed by atoms with Crippen LogP contribution in [0.1, 0.15) is 44.7 Å². The lowest BCUT2D eigenvalue weighted by atomic mass is 9.75. The number of rotatable bonds is 6. The van der Waals surface area contributed by atoms with Crippen molar-refractivity contribution in [1.82, 2.24) is 25.2 Å². The summed E-state index contributed by atoms with van der Waals surface area (Å²) in [6.07, 6.45) is 4.20. The predicted molar refractivity (Wildman–Crippen MR) is 134 cm³/mol. The lowest BCUT2D eigenvalue weighted by Crippen LogP contribution is -2.57. The minimum Gasteiger partial charge on any atom is -0.352 e. The van der Waals surface area contributed by atoms with Crippen LogP contribution in [-0.4, -0.2) is 44.9 Å². The van der Waals surface area contributed by atoms with E-state index < -0.39 is 0 Å². The average molecular weight is 458 g/mol. The first-order chi connectivity index (χ1) is 16.4. The molecule has 3 saturated heterocycles. The fourth-order valence-electron chi connectivity index (χ4n) is 5.42. The number of nitrogens with zero attached hydrogens (tertiary/aromatic N) is 4. The standard InChI is InChI=1S/C28H35N5O/c1-28(2,3)23-11-9-21(10-12-23)26-19-33(31-30-26)17-24-15-22-13-14-32(24)18-25(22)27(34)29-16-20-7-5-4-6-8-20/h4-12,19,22,24-25H,13-18H2,1-3H3,(H,29,34)/t22?,24-,25+/m1/s1. The molecule has 6 rings (SSSR count). The lowest BCUT2D eigenvalue weighted by Gasteiger charge is -2.49. The summed E-state index contributed by atoms with van der Waals surface area (Å²) in [5.74, 6) is 0.721. The Balaban J connectivity index is 1.18. The molecule has 6 nitrogen and oxygen atoms in total. The van der Waals surface area contributed by atoms with Gasteiger partial charge in [0.1, 0.15) is 5.69 Å². The maximum Gasteiger partial charge on any atom is 0.224 e. The Labute approximate surface area is 202 Å². The Kier molecular flexibility index (Phi) is 6.26. The zero-order valence-electron chi connectivity index (χ0n) is 20.4. The summed E-state index contributed by atoms with van der Waals surface area (Å²) in [6, 6.07) is 19.2. The Morgan fingerprint density at radius 2 is 1.85 bits per heavy atom. The number of fused-ring (bicyclic) bond motifs is 3. The number of nitrogens with one attached hydrogen (secondary N) is 1. The molecular weight excluding hydrogens is 422 g/mol. The summed E-state index contributed by atoms with van der Waals surface area (Å²) in [6.45, 7) is 10.0. The minimum atomic E-state index is 0.0846. The molecule has 3 aliphatic heterocycles. The smallest absolute Gasteiger partial charge is 0.224 e. The van der Waals surface area contributed by atoms with Gasteiger partial charge in [-0.3, -0.25) is 14.4 Å². The van der Waals surface area contributed by atoms with Crippen molar-refractivity contribution in [2.75, 3.05) is 13.1 Å². The van der Waals surface area contributed by atoms with Crippen molar-refractivity contribution in [2.45, 2.75) is 58.2 Å². The van der Waals surface area contributed by atoms with E-state index in [9.17, 15) is 4.79 Å². The van der Waals surface area contributed by atoms with Crippen molar-refractivity contribution in [3.63, 3.8) is 0 Å². The normalized spacial score (nSPS) is 24.2. The fraction of sp³-hybridized carbons (Fsp3) is 0.464. The van der Waals surface area contributed by atoms with Crippen LogP contribution < -0.4 is 5.32 Å². The first-order valence-corrected chi connectivity index (χ1v) is 12.4. The zero-order chi connectivity index (χ0) is 23.7. The van der Waals surface area contributed by atoms with Crippen molar-refractivity contribution < 1.29 is 4.79 Å². The summed E-state index contributed by atoms with van der Waals surface area (Å²) in [5.41, 5.74) is 4.61. The van der Waals surface area contributed by atoms with Gasteiger partial charge in [0.15, 0.2) is 0 Å². The van der Waals surface area contributed by atoms with E-state index in [1.807, 2.05) is 22.9 Å². The first kappa shape index (κ1) is 22.8. The van der Waals surface area contributed by atoms with Crippen LogP contribution in [0.2, 0.25) is 0 Å². The second-order valence-corrected chi connectivity index (χ2v) is 10.9. The molecule has 2 bridgehead atoms. The van der Waals surface area contributed by atoms with Gasteiger partial charge in [0.25, 0.3) is 0 Å². The van der Waals surface area contributed by atoms with Crippen molar-refractivity contribution >= 4 is 5.91 Å². The van der Waals surface area contributed by atoms with Crippen LogP contribution in [-0.2, 0) is 23.3 Å². The SMILES string of the molecule is CC(C)(C)c1ccc(-c2cn(C[C@H]3CC4CCN3C[C@@H]4C(=O)NCc3ccccc3)nn2)cc1. The van der Waals surface area contributed by atoms with Gasteiger partial charge in [-0.2, -0.15) is 0 Å². The van der Waals surface area contributed by atoms with Gasteiger partial charge >= 0.3 is 0 Å². The van der Waals surface area contributed by atoms with Gasteiger partial charge in [-0.1, -0.05) is 80.6 Å². The zero-order valence-corrected chi connectivity index (χ0v) is 20.4. The molecule has 4 heterocycles. The van der Waals surface area contributed by atoms with Crippen molar-refractivity contribution in [3.8, 4) is 11.3 Å². The number of amides is 1. The lowest BCUT2D eigenvalue weighted by molar-refractivity contribution is -0.133. The van der Waals surface area contributed by atoms with E-state index in [1.54, 1.807) is 0 Å². The molecule has 34 heavy (non-hydrogen) atoms.